The molecule has 144 valence electrons. The van der Waals surface area contributed by atoms with Crippen LogP contribution in [0.2, 0.25) is 0 Å². The molecule has 2 N–H and O–H groups in total. The van der Waals surface area contributed by atoms with Gasteiger partial charge in [0.25, 0.3) is 0 Å². The quantitative estimate of drug-likeness (QED) is 0.747. The van der Waals surface area contributed by atoms with Crippen LogP contribution in [-0.2, 0) is 16.4 Å². The lowest BCUT2D eigenvalue weighted by Gasteiger charge is -2.19. The summed E-state index contributed by atoms with van der Waals surface area (Å²) in [6.07, 6.45) is 2.38. The van der Waals surface area contributed by atoms with Crippen molar-refractivity contribution in [2.24, 2.45) is 0 Å². The first-order chi connectivity index (χ1) is 13.0. The van der Waals surface area contributed by atoms with Gasteiger partial charge in [-0.15, -0.1) is 0 Å². The molecule has 0 aromatic heterocycles. The molecule has 2 amide bonds. The first-order valence-electron chi connectivity index (χ1n) is 9.15. The minimum atomic E-state index is -3.24. The van der Waals surface area contributed by atoms with Crippen LogP contribution in [0.15, 0.2) is 48.5 Å². The molecule has 1 saturated heterocycles. The van der Waals surface area contributed by atoms with E-state index >= 15 is 0 Å². The Balaban J connectivity index is 1.55. The fraction of sp³-hybridized carbons (Fsp3) is 0.350. The van der Waals surface area contributed by atoms with Gasteiger partial charge < -0.3 is 10.6 Å². The molecule has 0 bridgehead atoms. The highest BCUT2D eigenvalue weighted by atomic mass is 32.2. The van der Waals surface area contributed by atoms with Crippen LogP contribution >= 0.6 is 0 Å². The Morgan fingerprint density at radius 3 is 2.63 bits per heavy atom. The molecule has 2 aromatic carbocycles. The van der Waals surface area contributed by atoms with E-state index in [1.807, 2.05) is 31.2 Å². The maximum Gasteiger partial charge on any atom is 0.319 e. The number of carbonyl (C=O) groups excluding carboxylic acids is 1. The molecule has 0 spiro atoms. The fourth-order valence-electron chi connectivity index (χ4n) is 3.13. The molecule has 7 heteroatoms. The number of hydrogen-bond donors (Lipinski definition) is 2. The fourth-order valence-corrected chi connectivity index (χ4v) is 4.69. The average Bonchev–Trinajstić information content (AvgIpc) is 3.01. The first-order valence-corrected chi connectivity index (χ1v) is 10.8. The Morgan fingerprint density at radius 2 is 1.93 bits per heavy atom. The summed E-state index contributed by atoms with van der Waals surface area (Å²) in [5, 5.41) is 5.68. The third-order valence-corrected chi connectivity index (χ3v) is 6.50. The van der Waals surface area contributed by atoms with Gasteiger partial charge in [-0.05, 0) is 49.4 Å². The number of sulfonamides is 1. The maximum absolute atomic E-state index is 12.2. The molecule has 1 aliphatic heterocycles. The van der Waals surface area contributed by atoms with E-state index in [0.29, 0.717) is 30.9 Å². The number of benzene rings is 2. The zero-order chi connectivity index (χ0) is 19.3. The summed E-state index contributed by atoms with van der Waals surface area (Å²) >= 11 is 0. The Labute approximate surface area is 160 Å². The third-order valence-electron chi connectivity index (χ3n) is 4.63. The lowest BCUT2D eigenvalue weighted by atomic mass is 10.1. The molecular formula is C20H25N3O3S. The molecule has 1 aliphatic rings. The molecule has 0 saturated carbocycles. The van der Waals surface area contributed by atoms with Crippen LogP contribution in [0.4, 0.5) is 16.2 Å². The Kier molecular flexibility index (Phi) is 6.01. The number of carbonyl (C=O) groups is 1. The SMILES string of the molecule is Cc1ccc(N2CCCS2(=O)=O)cc1NC(=O)NCCCc1ccccc1. The van der Waals surface area contributed by atoms with E-state index in [1.165, 1.54) is 9.87 Å². The minimum absolute atomic E-state index is 0.172. The van der Waals surface area contributed by atoms with Gasteiger partial charge >= 0.3 is 6.03 Å². The van der Waals surface area contributed by atoms with E-state index in [1.54, 1.807) is 12.1 Å². The van der Waals surface area contributed by atoms with Crippen molar-refractivity contribution < 1.29 is 13.2 Å². The summed E-state index contributed by atoms with van der Waals surface area (Å²) < 4.78 is 25.6. The van der Waals surface area contributed by atoms with Crippen molar-refractivity contribution in [2.45, 2.75) is 26.2 Å². The van der Waals surface area contributed by atoms with Gasteiger partial charge in [0.15, 0.2) is 0 Å². The highest BCUT2D eigenvalue weighted by molar-refractivity contribution is 7.93. The van der Waals surface area contributed by atoms with Crippen molar-refractivity contribution in [1.29, 1.82) is 0 Å². The van der Waals surface area contributed by atoms with Crippen LogP contribution in [0.5, 0.6) is 0 Å². The second-order valence-electron chi connectivity index (χ2n) is 6.71. The first kappa shape index (κ1) is 19.2. The third kappa shape index (κ3) is 5.01. The van der Waals surface area contributed by atoms with Crippen molar-refractivity contribution in [2.75, 3.05) is 28.5 Å². The van der Waals surface area contributed by atoms with E-state index in [2.05, 4.69) is 22.8 Å². The number of urea groups is 1. The van der Waals surface area contributed by atoms with E-state index in [9.17, 15) is 13.2 Å². The Bertz CT molecular complexity index is 898. The van der Waals surface area contributed by atoms with Crippen molar-refractivity contribution in [3.63, 3.8) is 0 Å². The van der Waals surface area contributed by atoms with Gasteiger partial charge in [-0.3, -0.25) is 4.31 Å². The second-order valence-corrected chi connectivity index (χ2v) is 8.72. The second kappa shape index (κ2) is 8.43. The number of nitrogens with zero attached hydrogens (tertiary/aromatic N) is 1. The number of aryl methyl sites for hydroxylation is 2. The molecule has 2 aromatic rings. The van der Waals surface area contributed by atoms with Crippen molar-refractivity contribution in [3.8, 4) is 0 Å². The predicted octanol–water partition coefficient (Wildman–Crippen LogP) is 3.29. The summed E-state index contributed by atoms with van der Waals surface area (Å²) in [7, 11) is -3.24. The van der Waals surface area contributed by atoms with E-state index in [0.717, 1.165) is 18.4 Å². The van der Waals surface area contributed by atoms with Gasteiger partial charge in [-0.1, -0.05) is 36.4 Å². The van der Waals surface area contributed by atoms with E-state index < -0.39 is 10.0 Å². The summed E-state index contributed by atoms with van der Waals surface area (Å²) in [4.78, 5) is 12.2. The smallest absolute Gasteiger partial charge is 0.319 e. The monoisotopic (exact) mass is 387 g/mol. The van der Waals surface area contributed by atoms with E-state index in [-0.39, 0.29) is 11.8 Å². The van der Waals surface area contributed by atoms with Crippen LogP contribution in [0.25, 0.3) is 0 Å². The van der Waals surface area contributed by atoms with Crippen molar-refractivity contribution in [3.05, 3.63) is 59.7 Å². The topological polar surface area (TPSA) is 78.5 Å². The lowest BCUT2D eigenvalue weighted by Crippen LogP contribution is -2.30. The number of rotatable bonds is 6. The normalized spacial score (nSPS) is 15.5. The van der Waals surface area contributed by atoms with Gasteiger partial charge in [0, 0.05) is 18.8 Å². The van der Waals surface area contributed by atoms with Gasteiger partial charge in [0.2, 0.25) is 10.0 Å². The van der Waals surface area contributed by atoms with Crippen LogP contribution in [0, 0.1) is 6.92 Å². The van der Waals surface area contributed by atoms with E-state index in [4.69, 9.17) is 0 Å². The Morgan fingerprint density at radius 1 is 1.15 bits per heavy atom. The van der Waals surface area contributed by atoms with Gasteiger partial charge in [-0.25, -0.2) is 13.2 Å². The van der Waals surface area contributed by atoms with Gasteiger partial charge in [0.1, 0.15) is 0 Å². The number of hydrogen-bond acceptors (Lipinski definition) is 3. The number of anilines is 2. The van der Waals surface area contributed by atoms with Crippen LogP contribution in [-0.4, -0.2) is 33.3 Å². The molecule has 3 rings (SSSR count). The van der Waals surface area contributed by atoms with Crippen LogP contribution in [0.1, 0.15) is 24.0 Å². The molecule has 6 nitrogen and oxygen atoms in total. The highest BCUT2D eigenvalue weighted by Crippen LogP contribution is 2.28. The molecule has 1 heterocycles. The van der Waals surface area contributed by atoms with Gasteiger partial charge in [0.05, 0.1) is 11.4 Å². The summed E-state index contributed by atoms with van der Waals surface area (Å²) in [6, 6.07) is 15.2. The largest absolute Gasteiger partial charge is 0.338 e. The lowest BCUT2D eigenvalue weighted by molar-refractivity contribution is 0.252. The van der Waals surface area contributed by atoms with Crippen molar-refractivity contribution in [1.82, 2.24) is 5.32 Å². The Hall–Kier alpha value is -2.54. The summed E-state index contributed by atoms with van der Waals surface area (Å²) in [5.74, 6) is 0.172. The zero-order valence-electron chi connectivity index (χ0n) is 15.4. The van der Waals surface area contributed by atoms with Gasteiger partial charge in [-0.2, -0.15) is 0 Å². The highest BCUT2D eigenvalue weighted by Gasteiger charge is 2.28. The molecule has 0 radical (unpaired) electrons. The standard InChI is InChI=1S/C20H25N3O3S/c1-16-10-11-18(23-13-6-14-27(23,25)26)15-19(16)22-20(24)21-12-5-9-17-7-3-2-4-8-17/h2-4,7-8,10-11,15H,5-6,9,12-14H2,1H3,(H2,21,22,24). The number of nitrogens with one attached hydrogen (secondary N) is 2. The molecule has 27 heavy (non-hydrogen) atoms. The van der Waals surface area contributed by atoms with Crippen LogP contribution in [0.3, 0.4) is 0 Å². The van der Waals surface area contributed by atoms with Crippen molar-refractivity contribution >= 4 is 27.4 Å². The summed E-state index contributed by atoms with van der Waals surface area (Å²) in [5.41, 5.74) is 3.34. The summed E-state index contributed by atoms with van der Waals surface area (Å²) in [6.45, 7) is 2.93. The molecular weight excluding hydrogens is 362 g/mol. The molecule has 0 atom stereocenters. The molecule has 1 fully saturated rings. The maximum atomic E-state index is 12.2. The average molecular weight is 388 g/mol. The predicted molar refractivity (Wildman–Crippen MR) is 109 cm³/mol. The number of amides is 2. The van der Waals surface area contributed by atoms with Crippen LogP contribution < -0.4 is 14.9 Å². The minimum Gasteiger partial charge on any atom is -0.338 e. The zero-order valence-corrected chi connectivity index (χ0v) is 16.3. The molecule has 0 aliphatic carbocycles. The molecule has 0 unspecified atom stereocenters.